The van der Waals surface area contributed by atoms with Crippen molar-refractivity contribution in [3.8, 4) is 6.07 Å². The van der Waals surface area contributed by atoms with Gasteiger partial charge in [0.05, 0.1) is 6.07 Å². The molecule has 0 unspecified atom stereocenters. The highest BCUT2D eigenvalue weighted by molar-refractivity contribution is 5.97. The molecule has 0 bridgehead atoms. The van der Waals surface area contributed by atoms with E-state index in [0.29, 0.717) is 11.3 Å². The van der Waals surface area contributed by atoms with E-state index in [0.717, 1.165) is 11.1 Å². The number of nitrogens with two attached hydrogens (primary N) is 1. The maximum Gasteiger partial charge on any atom is 0.248 e. The number of hydrogen-bond donors (Lipinski definition) is 2. The number of nitrogens with zero attached hydrogens (tertiary/aromatic N) is 1. The van der Waals surface area contributed by atoms with Gasteiger partial charge < -0.3 is 11.1 Å². The predicted molar refractivity (Wildman–Crippen MR) is 63.3 cm³/mol. The lowest BCUT2D eigenvalue weighted by atomic mass is 10.0. The third kappa shape index (κ3) is 3.05. The van der Waals surface area contributed by atoms with Crippen LogP contribution in [0.4, 0.5) is 5.69 Å². The fraction of sp³-hybridized carbons (Fsp3) is 0.250. The normalized spacial score (nSPS) is 9.47. The fourth-order valence-electron chi connectivity index (χ4n) is 1.56. The molecule has 0 saturated heterocycles. The molecule has 1 aromatic carbocycles. The SMILES string of the molecule is Cc1cc(C(N)=O)cc(C)c1NC(=O)CC#N. The number of anilines is 1. The quantitative estimate of drug-likeness (QED) is 0.819. The number of benzene rings is 1. The van der Waals surface area contributed by atoms with Gasteiger partial charge in [0.25, 0.3) is 0 Å². The minimum Gasteiger partial charge on any atom is -0.366 e. The van der Waals surface area contributed by atoms with E-state index < -0.39 is 5.91 Å². The minimum atomic E-state index is -0.508. The highest BCUT2D eigenvalue weighted by Crippen LogP contribution is 2.22. The van der Waals surface area contributed by atoms with Gasteiger partial charge in [-0.25, -0.2) is 0 Å². The van der Waals surface area contributed by atoms with Crippen molar-refractivity contribution in [1.29, 1.82) is 5.26 Å². The molecular formula is C12H13N3O2. The molecule has 0 atom stereocenters. The molecule has 88 valence electrons. The highest BCUT2D eigenvalue weighted by Gasteiger charge is 2.10. The molecule has 1 rings (SSSR count). The molecule has 0 spiro atoms. The minimum absolute atomic E-state index is 0.198. The molecule has 0 heterocycles. The molecule has 0 aliphatic heterocycles. The van der Waals surface area contributed by atoms with Crippen LogP contribution in [0.2, 0.25) is 0 Å². The van der Waals surface area contributed by atoms with Crippen molar-refractivity contribution >= 4 is 17.5 Å². The third-order valence-corrected chi connectivity index (χ3v) is 2.32. The Morgan fingerprint density at radius 1 is 1.35 bits per heavy atom. The molecule has 3 N–H and O–H groups in total. The molecule has 2 amide bonds. The Kier molecular flexibility index (Phi) is 3.83. The molecule has 1 aromatic rings. The second-order valence-corrected chi connectivity index (χ2v) is 3.73. The summed E-state index contributed by atoms with van der Waals surface area (Å²) in [6.07, 6.45) is -0.198. The first kappa shape index (κ1) is 12.7. The molecule has 0 radical (unpaired) electrons. The first-order valence-corrected chi connectivity index (χ1v) is 5.03. The summed E-state index contributed by atoms with van der Waals surface area (Å²) >= 11 is 0. The van der Waals surface area contributed by atoms with E-state index >= 15 is 0 Å². The second-order valence-electron chi connectivity index (χ2n) is 3.73. The maximum atomic E-state index is 11.3. The molecule has 5 heteroatoms. The van der Waals surface area contributed by atoms with Crippen LogP contribution >= 0.6 is 0 Å². The van der Waals surface area contributed by atoms with Crippen LogP contribution in [0.3, 0.4) is 0 Å². The number of carbonyl (C=O) groups excluding carboxylic acids is 2. The first-order chi connectivity index (χ1) is 7.95. The van der Waals surface area contributed by atoms with Crippen LogP contribution in [0, 0.1) is 25.2 Å². The average molecular weight is 231 g/mol. The lowest BCUT2D eigenvalue weighted by Crippen LogP contribution is -2.15. The van der Waals surface area contributed by atoms with Crippen LogP contribution in [-0.4, -0.2) is 11.8 Å². The van der Waals surface area contributed by atoms with Crippen molar-refractivity contribution in [2.24, 2.45) is 5.73 Å². The highest BCUT2D eigenvalue weighted by atomic mass is 16.1. The van der Waals surface area contributed by atoms with Gasteiger partial charge in [0.2, 0.25) is 11.8 Å². The molecule has 0 aliphatic carbocycles. The molecule has 0 aliphatic rings. The van der Waals surface area contributed by atoms with Gasteiger partial charge in [-0.3, -0.25) is 9.59 Å². The summed E-state index contributed by atoms with van der Waals surface area (Å²) in [5.74, 6) is -0.878. The van der Waals surface area contributed by atoms with Crippen molar-refractivity contribution in [3.63, 3.8) is 0 Å². The third-order valence-electron chi connectivity index (χ3n) is 2.32. The van der Waals surface area contributed by atoms with E-state index in [2.05, 4.69) is 5.32 Å². The van der Waals surface area contributed by atoms with Gasteiger partial charge in [0.1, 0.15) is 6.42 Å². The molecule has 5 nitrogen and oxygen atoms in total. The Balaban J connectivity index is 3.07. The zero-order valence-corrected chi connectivity index (χ0v) is 9.70. The monoisotopic (exact) mass is 231 g/mol. The van der Waals surface area contributed by atoms with E-state index in [9.17, 15) is 9.59 Å². The number of primary amides is 1. The van der Waals surface area contributed by atoms with Crippen molar-refractivity contribution in [2.45, 2.75) is 20.3 Å². The number of carbonyl (C=O) groups is 2. The number of nitriles is 1. The summed E-state index contributed by atoms with van der Waals surface area (Å²) in [5.41, 5.74) is 7.68. The Bertz CT molecular complexity index is 492. The molecule has 0 fully saturated rings. The van der Waals surface area contributed by atoms with Crippen molar-refractivity contribution < 1.29 is 9.59 Å². The number of rotatable bonds is 3. The molecule has 0 aromatic heterocycles. The van der Waals surface area contributed by atoms with Crippen LogP contribution in [-0.2, 0) is 4.79 Å². The second kappa shape index (κ2) is 5.12. The Hall–Kier alpha value is -2.35. The summed E-state index contributed by atoms with van der Waals surface area (Å²) in [4.78, 5) is 22.3. The van der Waals surface area contributed by atoms with Gasteiger partial charge in [-0.1, -0.05) is 0 Å². The number of nitrogens with one attached hydrogen (secondary N) is 1. The van der Waals surface area contributed by atoms with Gasteiger partial charge in [-0.2, -0.15) is 5.26 Å². The van der Waals surface area contributed by atoms with Gasteiger partial charge in [-0.15, -0.1) is 0 Å². The summed E-state index contributed by atoms with van der Waals surface area (Å²) in [6.45, 7) is 3.53. The van der Waals surface area contributed by atoms with Crippen LogP contribution in [0.15, 0.2) is 12.1 Å². The lowest BCUT2D eigenvalue weighted by Gasteiger charge is -2.11. The summed E-state index contributed by atoms with van der Waals surface area (Å²) < 4.78 is 0. The van der Waals surface area contributed by atoms with E-state index in [-0.39, 0.29) is 12.3 Å². The number of amides is 2. The van der Waals surface area contributed by atoms with Crippen molar-refractivity contribution in [3.05, 3.63) is 28.8 Å². The first-order valence-electron chi connectivity index (χ1n) is 5.03. The number of hydrogen-bond acceptors (Lipinski definition) is 3. The van der Waals surface area contributed by atoms with Gasteiger partial charge in [-0.05, 0) is 37.1 Å². The van der Waals surface area contributed by atoms with Gasteiger partial charge in [0.15, 0.2) is 0 Å². The summed E-state index contributed by atoms with van der Waals surface area (Å²) in [7, 11) is 0. The zero-order valence-electron chi connectivity index (χ0n) is 9.70. The van der Waals surface area contributed by atoms with Gasteiger partial charge in [0, 0.05) is 11.3 Å². The average Bonchev–Trinajstić information content (AvgIpc) is 2.23. The van der Waals surface area contributed by atoms with E-state index in [4.69, 9.17) is 11.0 Å². The van der Waals surface area contributed by atoms with Crippen LogP contribution in [0.5, 0.6) is 0 Å². The summed E-state index contributed by atoms with van der Waals surface area (Å²) in [6, 6.07) is 4.99. The smallest absolute Gasteiger partial charge is 0.248 e. The Morgan fingerprint density at radius 2 is 1.88 bits per heavy atom. The molecular weight excluding hydrogens is 218 g/mol. The Morgan fingerprint density at radius 3 is 2.29 bits per heavy atom. The van der Waals surface area contributed by atoms with Crippen molar-refractivity contribution in [1.82, 2.24) is 0 Å². The molecule has 0 saturated carbocycles. The largest absolute Gasteiger partial charge is 0.366 e. The van der Waals surface area contributed by atoms with Crippen LogP contribution in [0.1, 0.15) is 27.9 Å². The molecule has 17 heavy (non-hydrogen) atoms. The lowest BCUT2D eigenvalue weighted by molar-refractivity contribution is -0.115. The standard InChI is InChI=1S/C12H13N3O2/c1-7-5-9(12(14)17)6-8(2)11(7)15-10(16)3-4-13/h5-6H,3H2,1-2H3,(H2,14,17)(H,15,16). The Labute approximate surface area is 99.2 Å². The van der Waals surface area contributed by atoms with E-state index in [1.165, 1.54) is 0 Å². The van der Waals surface area contributed by atoms with E-state index in [1.807, 2.05) is 0 Å². The number of aryl methyl sites for hydroxylation is 2. The van der Waals surface area contributed by atoms with E-state index in [1.54, 1.807) is 32.0 Å². The topological polar surface area (TPSA) is 96.0 Å². The van der Waals surface area contributed by atoms with Crippen LogP contribution in [0.25, 0.3) is 0 Å². The van der Waals surface area contributed by atoms with Crippen LogP contribution < -0.4 is 11.1 Å². The van der Waals surface area contributed by atoms with Gasteiger partial charge >= 0.3 is 0 Å². The van der Waals surface area contributed by atoms with Crippen molar-refractivity contribution in [2.75, 3.05) is 5.32 Å². The predicted octanol–water partition coefficient (Wildman–Crippen LogP) is 1.25. The fourth-order valence-corrected chi connectivity index (χ4v) is 1.56. The zero-order chi connectivity index (χ0) is 13.0. The summed E-state index contributed by atoms with van der Waals surface area (Å²) in [5, 5.41) is 11.0. The maximum absolute atomic E-state index is 11.3.